The first-order valence-electron chi connectivity index (χ1n) is 9.03. The summed E-state index contributed by atoms with van der Waals surface area (Å²) in [6.07, 6.45) is 0. The Kier molecular flexibility index (Phi) is 5.98. The number of piperazine rings is 1. The molecule has 158 valence electrons. The summed E-state index contributed by atoms with van der Waals surface area (Å²) < 4.78 is 49.4. The van der Waals surface area contributed by atoms with Crippen molar-refractivity contribution in [1.29, 1.82) is 0 Å². The van der Waals surface area contributed by atoms with E-state index in [1.807, 2.05) is 4.90 Å². The first-order chi connectivity index (χ1) is 14.3. The number of halogens is 2. The minimum Gasteiger partial charge on any atom is -0.322 e. The van der Waals surface area contributed by atoms with Crippen molar-refractivity contribution in [3.63, 3.8) is 0 Å². The van der Waals surface area contributed by atoms with Gasteiger partial charge in [-0.05, 0) is 30.3 Å². The Morgan fingerprint density at radius 3 is 2.70 bits per heavy atom. The fourth-order valence-corrected chi connectivity index (χ4v) is 5.59. The predicted octanol–water partition coefficient (Wildman–Crippen LogP) is 2.43. The molecule has 0 atom stereocenters. The van der Waals surface area contributed by atoms with Crippen molar-refractivity contribution in [1.82, 2.24) is 18.0 Å². The van der Waals surface area contributed by atoms with E-state index in [-0.39, 0.29) is 30.2 Å². The number of rotatable bonds is 5. The fourth-order valence-electron chi connectivity index (χ4n) is 3.24. The molecule has 1 amide bonds. The van der Waals surface area contributed by atoms with Gasteiger partial charge >= 0.3 is 0 Å². The van der Waals surface area contributed by atoms with E-state index in [0.717, 1.165) is 11.7 Å². The van der Waals surface area contributed by atoms with Crippen LogP contribution in [0.25, 0.3) is 11.0 Å². The van der Waals surface area contributed by atoms with Gasteiger partial charge in [0.2, 0.25) is 15.9 Å². The van der Waals surface area contributed by atoms with Gasteiger partial charge in [0.1, 0.15) is 21.7 Å². The number of hydrogen-bond acceptors (Lipinski definition) is 7. The van der Waals surface area contributed by atoms with Crippen LogP contribution in [0.4, 0.5) is 10.1 Å². The van der Waals surface area contributed by atoms with Crippen LogP contribution in [0.1, 0.15) is 0 Å². The Bertz CT molecular complexity index is 1200. The first-order valence-corrected chi connectivity index (χ1v) is 11.6. The average Bonchev–Trinajstić information content (AvgIpc) is 3.20. The lowest BCUT2D eigenvalue weighted by atomic mass is 10.3. The Hall–Kier alpha value is -2.18. The number of carbonyl (C=O) groups excluding carboxylic acids is 1. The zero-order valence-electron chi connectivity index (χ0n) is 15.6. The van der Waals surface area contributed by atoms with Crippen LogP contribution in [0.2, 0.25) is 5.02 Å². The minimum atomic E-state index is -3.72. The third kappa shape index (κ3) is 4.30. The molecule has 30 heavy (non-hydrogen) atoms. The number of hydrogen-bond donors (Lipinski definition) is 1. The zero-order valence-corrected chi connectivity index (χ0v) is 18.0. The van der Waals surface area contributed by atoms with Crippen molar-refractivity contribution in [2.24, 2.45) is 0 Å². The molecule has 2 aromatic carbocycles. The lowest BCUT2D eigenvalue weighted by molar-refractivity contribution is -0.117. The van der Waals surface area contributed by atoms with E-state index in [1.165, 1.54) is 28.6 Å². The quantitative estimate of drug-likeness (QED) is 0.616. The molecular formula is C18H17ClFN5O3S2. The molecule has 0 unspecified atom stereocenters. The van der Waals surface area contributed by atoms with Gasteiger partial charge < -0.3 is 5.32 Å². The van der Waals surface area contributed by atoms with Gasteiger partial charge in [-0.25, -0.2) is 12.8 Å². The van der Waals surface area contributed by atoms with Crippen LogP contribution < -0.4 is 5.32 Å². The number of benzene rings is 2. The molecule has 2 heterocycles. The largest absolute Gasteiger partial charge is 0.322 e. The minimum absolute atomic E-state index is 0.0127. The topological polar surface area (TPSA) is 95.5 Å². The summed E-state index contributed by atoms with van der Waals surface area (Å²) in [5.74, 6) is -0.972. The maximum absolute atomic E-state index is 13.8. The van der Waals surface area contributed by atoms with Gasteiger partial charge in [0, 0.05) is 31.2 Å². The van der Waals surface area contributed by atoms with Crippen molar-refractivity contribution in [3.05, 3.63) is 47.2 Å². The number of sulfonamides is 1. The highest BCUT2D eigenvalue weighted by molar-refractivity contribution is 7.89. The van der Waals surface area contributed by atoms with Crippen LogP contribution in [0.3, 0.4) is 0 Å². The van der Waals surface area contributed by atoms with Crippen LogP contribution in [-0.4, -0.2) is 65.0 Å². The van der Waals surface area contributed by atoms with Crippen molar-refractivity contribution >= 4 is 56.0 Å². The van der Waals surface area contributed by atoms with E-state index < -0.39 is 21.7 Å². The van der Waals surface area contributed by atoms with Crippen LogP contribution >= 0.6 is 23.3 Å². The van der Waals surface area contributed by atoms with Crippen molar-refractivity contribution < 1.29 is 17.6 Å². The summed E-state index contributed by atoms with van der Waals surface area (Å²) in [6.45, 7) is 1.22. The second-order valence-corrected chi connectivity index (χ2v) is 9.61. The van der Waals surface area contributed by atoms with Gasteiger partial charge in [0.15, 0.2) is 0 Å². The van der Waals surface area contributed by atoms with Gasteiger partial charge in [-0.1, -0.05) is 17.7 Å². The Morgan fingerprint density at radius 1 is 1.17 bits per heavy atom. The normalized spacial score (nSPS) is 16.1. The summed E-state index contributed by atoms with van der Waals surface area (Å²) in [7, 11) is -3.72. The van der Waals surface area contributed by atoms with Crippen LogP contribution in [0.5, 0.6) is 0 Å². The van der Waals surface area contributed by atoms with Crippen molar-refractivity contribution in [2.45, 2.75) is 4.90 Å². The lowest BCUT2D eigenvalue weighted by Gasteiger charge is -2.33. The summed E-state index contributed by atoms with van der Waals surface area (Å²) in [5, 5.41) is 2.81. The number of carbonyl (C=O) groups is 1. The van der Waals surface area contributed by atoms with E-state index in [9.17, 15) is 17.6 Å². The van der Waals surface area contributed by atoms with Gasteiger partial charge in [-0.3, -0.25) is 9.69 Å². The molecule has 12 heteroatoms. The monoisotopic (exact) mass is 469 g/mol. The maximum atomic E-state index is 13.8. The molecule has 1 fully saturated rings. The van der Waals surface area contributed by atoms with Crippen LogP contribution in [0.15, 0.2) is 41.3 Å². The average molecular weight is 470 g/mol. The third-order valence-electron chi connectivity index (χ3n) is 4.77. The predicted molar refractivity (Wildman–Crippen MR) is 113 cm³/mol. The number of nitrogens with one attached hydrogen (secondary N) is 1. The number of aromatic nitrogens is 2. The molecule has 0 radical (unpaired) electrons. The van der Waals surface area contributed by atoms with Gasteiger partial charge in [0.05, 0.1) is 24.0 Å². The smallest absolute Gasteiger partial charge is 0.245 e. The molecule has 1 N–H and O–H groups in total. The Labute approximate surface area is 181 Å². The van der Waals surface area contributed by atoms with Crippen LogP contribution in [-0.2, 0) is 14.8 Å². The lowest BCUT2D eigenvalue weighted by Crippen LogP contribution is -2.50. The number of anilines is 1. The highest BCUT2D eigenvalue weighted by atomic mass is 35.5. The Balaban J connectivity index is 1.38. The molecule has 3 aromatic rings. The molecule has 1 saturated heterocycles. The molecular weight excluding hydrogens is 453 g/mol. The molecule has 0 saturated carbocycles. The molecule has 0 spiro atoms. The van der Waals surface area contributed by atoms with E-state index in [0.29, 0.717) is 29.1 Å². The molecule has 1 aromatic heterocycles. The molecule has 8 nitrogen and oxygen atoms in total. The second kappa shape index (κ2) is 8.52. The SMILES string of the molecule is O=C(CN1CCN(S(=O)(=O)c2cccc3nsnc23)CC1)Nc1cc(Cl)ccc1F. The van der Waals surface area contributed by atoms with Crippen molar-refractivity contribution in [3.8, 4) is 0 Å². The molecule has 0 bridgehead atoms. The molecule has 1 aliphatic heterocycles. The zero-order chi connectivity index (χ0) is 21.3. The maximum Gasteiger partial charge on any atom is 0.245 e. The molecule has 1 aliphatic rings. The number of amides is 1. The summed E-state index contributed by atoms with van der Waals surface area (Å²) in [6, 6.07) is 8.81. The second-order valence-electron chi connectivity index (χ2n) is 6.74. The molecule has 0 aliphatic carbocycles. The van der Waals surface area contributed by atoms with E-state index >= 15 is 0 Å². The highest BCUT2D eigenvalue weighted by Gasteiger charge is 2.31. The van der Waals surface area contributed by atoms with Crippen molar-refractivity contribution in [2.75, 3.05) is 38.0 Å². The first kappa shape index (κ1) is 21.1. The van der Waals surface area contributed by atoms with Gasteiger partial charge in [0.25, 0.3) is 0 Å². The summed E-state index contributed by atoms with van der Waals surface area (Å²) in [4.78, 5) is 14.2. The fraction of sp³-hybridized carbons (Fsp3) is 0.278. The summed E-state index contributed by atoms with van der Waals surface area (Å²) in [5.41, 5.74) is 0.927. The Morgan fingerprint density at radius 2 is 1.93 bits per heavy atom. The number of fused-ring (bicyclic) bond motifs is 1. The third-order valence-corrected chi connectivity index (χ3v) is 7.48. The van der Waals surface area contributed by atoms with Gasteiger partial charge in [-0.15, -0.1) is 0 Å². The standard InChI is InChI=1S/C18H17ClFN5O3S2/c19-12-4-5-13(20)15(10-12)21-17(26)11-24-6-8-25(9-7-24)30(27,28)16-3-1-2-14-18(16)23-29-22-14/h1-5,10H,6-9,11H2,(H,21,26). The van der Waals surface area contributed by atoms with Gasteiger partial charge in [-0.2, -0.15) is 13.1 Å². The molecule has 4 rings (SSSR count). The van der Waals surface area contributed by atoms with E-state index in [2.05, 4.69) is 14.1 Å². The summed E-state index contributed by atoms with van der Waals surface area (Å²) >= 11 is 6.80. The number of nitrogens with zero attached hydrogens (tertiary/aromatic N) is 4. The van der Waals surface area contributed by atoms with E-state index in [4.69, 9.17) is 11.6 Å². The van der Waals surface area contributed by atoms with Crippen LogP contribution in [0, 0.1) is 5.82 Å². The highest BCUT2D eigenvalue weighted by Crippen LogP contribution is 2.25. The van der Waals surface area contributed by atoms with E-state index in [1.54, 1.807) is 12.1 Å².